The molecule has 0 spiro atoms. The maximum absolute atomic E-state index is 10.7. The van der Waals surface area contributed by atoms with Gasteiger partial charge in [-0.25, -0.2) is 0 Å². The van der Waals surface area contributed by atoms with Gasteiger partial charge in [0.05, 0.1) is 12.1 Å². The molecule has 104 valence electrons. The molecule has 2 aromatic carbocycles. The Bertz CT molecular complexity index is 494. The first-order chi connectivity index (χ1) is 9.75. The van der Waals surface area contributed by atoms with Gasteiger partial charge in [0.1, 0.15) is 6.23 Å². The molecule has 1 saturated heterocycles. The highest BCUT2D eigenvalue weighted by Crippen LogP contribution is 2.36. The summed E-state index contributed by atoms with van der Waals surface area (Å²) in [5, 5.41) is 23.8. The largest absolute Gasteiger partial charge is 0.390 e. The minimum absolute atomic E-state index is 0.0577. The summed E-state index contributed by atoms with van der Waals surface area (Å²) in [4.78, 5) is 0. The van der Waals surface area contributed by atoms with Crippen LogP contribution in [-0.2, 0) is 0 Å². The van der Waals surface area contributed by atoms with E-state index in [9.17, 15) is 10.2 Å². The summed E-state index contributed by atoms with van der Waals surface area (Å²) in [5.41, 5.74) is 2.07. The molecule has 1 aliphatic rings. The molecule has 3 nitrogen and oxygen atoms in total. The van der Waals surface area contributed by atoms with Crippen LogP contribution >= 0.6 is 0 Å². The summed E-state index contributed by atoms with van der Waals surface area (Å²) >= 11 is 0. The van der Waals surface area contributed by atoms with Gasteiger partial charge >= 0.3 is 0 Å². The van der Waals surface area contributed by atoms with E-state index in [1.807, 2.05) is 60.7 Å². The molecule has 3 N–H and O–H groups in total. The summed E-state index contributed by atoms with van der Waals surface area (Å²) in [6, 6.07) is 19.5. The lowest BCUT2D eigenvalue weighted by Gasteiger charge is -2.39. The van der Waals surface area contributed by atoms with Crippen molar-refractivity contribution in [1.82, 2.24) is 5.32 Å². The third-order valence-electron chi connectivity index (χ3n) is 3.99. The van der Waals surface area contributed by atoms with Gasteiger partial charge in [0.15, 0.2) is 0 Å². The number of hydrogen-bond donors (Lipinski definition) is 3. The summed E-state index contributed by atoms with van der Waals surface area (Å²) in [7, 11) is 0. The van der Waals surface area contributed by atoms with Gasteiger partial charge in [-0.2, -0.15) is 0 Å². The minimum atomic E-state index is -0.603. The third-order valence-corrected chi connectivity index (χ3v) is 3.99. The number of rotatable bonds is 2. The van der Waals surface area contributed by atoms with Crippen LogP contribution in [0.4, 0.5) is 0 Å². The Kier molecular flexibility index (Phi) is 3.83. The Balaban J connectivity index is 1.90. The standard InChI is InChI=1S/C17H19NO2/c19-15-11-14(12-7-3-1-4-8-12)17(20)16(18-15)13-9-5-2-6-10-13/h1-10,14-20H,11H2. The fraction of sp³-hybridized carbons (Fsp3) is 0.294. The molecule has 2 aromatic rings. The lowest BCUT2D eigenvalue weighted by molar-refractivity contribution is -0.00797. The molecule has 1 heterocycles. The van der Waals surface area contributed by atoms with E-state index >= 15 is 0 Å². The van der Waals surface area contributed by atoms with Gasteiger partial charge in [-0.3, -0.25) is 5.32 Å². The average molecular weight is 269 g/mol. The van der Waals surface area contributed by atoms with Crippen molar-refractivity contribution in [2.75, 3.05) is 0 Å². The van der Waals surface area contributed by atoms with E-state index < -0.39 is 12.3 Å². The number of aliphatic hydroxyl groups is 2. The molecule has 0 radical (unpaired) electrons. The van der Waals surface area contributed by atoms with Crippen molar-refractivity contribution in [2.24, 2.45) is 0 Å². The minimum Gasteiger partial charge on any atom is -0.390 e. The van der Waals surface area contributed by atoms with E-state index in [0.717, 1.165) is 11.1 Å². The van der Waals surface area contributed by atoms with E-state index in [1.54, 1.807) is 0 Å². The molecule has 3 heteroatoms. The fourth-order valence-electron chi connectivity index (χ4n) is 2.97. The average Bonchev–Trinajstić information content (AvgIpc) is 2.51. The van der Waals surface area contributed by atoms with Crippen LogP contribution in [0, 0.1) is 0 Å². The normalized spacial score (nSPS) is 30.1. The van der Waals surface area contributed by atoms with Crippen LogP contribution in [0.1, 0.15) is 29.5 Å². The van der Waals surface area contributed by atoms with Crippen molar-refractivity contribution >= 4 is 0 Å². The first-order valence-corrected chi connectivity index (χ1v) is 6.98. The molecular formula is C17H19NO2. The molecule has 0 bridgehead atoms. The number of piperidine rings is 1. The second-order valence-corrected chi connectivity index (χ2v) is 5.31. The Morgan fingerprint density at radius 2 is 1.35 bits per heavy atom. The van der Waals surface area contributed by atoms with Crippen LogP contribution < -0.4 is 5.32 Å². The summed E-state index contributed by atoms with van der Waals surface area (Å²) < 4.78 is 0. The predicted octanol–water partition coefficient (Wildman–Crippen LogP) is 2.18. The molecule has 0 amide bonds. The van der Waals surface area contributed by atoms with Gasteiger partial charge in [0.2, 0.25) is 0 Å². The quantitative estimate of drug-likeness (QED) is 0.783. The van der Waals surface area contributed by atoms with Gasteiger partial charge in [-0.15, -0.1) is 0 Å². The molecule has 0 aromatic heterocycles. The number of nitrogens with one attached hydrogen (secondary N) is 1. The fourth-order valence-corrected chi connectivity index (χ4v) is 2.97. The second kappa shape index (κ2) is 5.75. The molecule has 0 saturated carbocycles. The smallest absolute Gasteiger partial charge is 0.106 e. The van der Waals surface area contributed by atoms with E-state index in [-0.39, 0.29) is 12.0 Å². The predicted molar refractivity (Wildman–Crippen MR) is 78.1 cm³/mol. The SMILES string of the molecule is OC1CC(c2ccccc2)C(O)C(c2ccccc2)N1. The Hall–Kier alpha value is -1.68. The lowest BCUT2D eigenvalue weighted by atomic mass is 9.81. The van der Waals surface area contributed by atoms with Gasteiger partial charge in [-0.05, 0) is 17.5 Å². The summed E-state index contributed by atoms with van der Waals surface area (Å²) in [6.07, 6.45) is -0.633. The van der Waals surface area contributed by atoms with Crippen LogP contribution in [0.5, 0.6) is 0 Å². The van der Waals surface area contributed by atoms with Crippen LogP contribution in [0.3, 0.4) is 0 Å². The van der Waals surface area contributed by atoms with E-state index in [0.29, 0.717) is 6.42 Å². The highest BCUT2D eigenvalue weighted by Gasteiger charge is 2.37. The van der Waals surface area contributed by atoms with Crippen LogP contribution in [0.25, 0.3) is 0 Å². The number of benzene rings is 2. The zero-order valence-electron chi connectivity index (χ0n) is 11.2. The van der Waals surface area contributed by atoms with Crippen molar-refractivity contribution < 1.29 is 10.2 Å². The maximum Gasteiger partial charge on any atom is 0.106 e. The molecule has 0 aliphatic carbocycles. The Labute approximate surface area is 118 Å². The molecule has 4 atom stereocenters. The Morgan fingerprint density at radius 1 is 0.800 bits per heavy atom. The topological polar surface area (TPSA) is 52.5 Å². The first kappa shape index (κ1) is 13.3. The zero-order chi connectivity index (χ0) is 13.9. The van der Waals surface area contributed by atoms with Crippen molar-refractivity contribution in [3.05, 3.63) is 71.8 Å². The van der Waals surface area contributed by atoms with Crippen LogP contribution in [-0.4, -0.2) is 22.5 Å². The maximum atomic E-state index is 10.7. The van der Waals surface area contributed by atoms with E-state index in [2.05, 4.69) is 5.32 Å². The van der Waals surface area contributed by atoms with E-state index in [4.69, 9.17) is 0 Å². The van der Waals surface area contributed by atoms with Gasteiger partial charge in [0.25, 0.3) is 0 Å². The van der Waals surface area contributed by atoms with Crippen molar-refractivity contribution in [2.45, 2.75) is 30.7 Å². The molecule has 20 heavy (non-hydrogen) atoms. The molecule has 4 unspecified atom stereocenters. The van der Waals surface area contributed by atoms with Gasteiger partial charge < -0.3 is 10.2 Å². The second-order valence-electron chi connectivity index (χ2n) is 5.31. The van der Waals surface area contributed by atoms with Crippen LogP contribution in [0.2, 0.25) is 0 Å². The molecule has 1 aliphatic heterocycles. The monoisotopic (exact) mass is 269 g/mol. The van der Waals surface area contributed by atoms with Gasteiger partial charge in [-0.1, -0.05) is 60.7 Å². The summed E-state index contributed by atoms with van der Waals surface area (Å²) in [6.45, 7) is 0. The van der Waals surface area contributed by atoms with E-state index in [1.165, 1.54) is 0 Å². The lowest BCUT2D eigenvalue weighted by Crippen LogP contribution is -2.48. The first-order valence-electron chi connectivity index (χ1n) is 6.98. The number of hydrogen-bond acceptors (Lipinski definition) is 3. The third kappa shape index (κ3) is 2.61. The van der Waals surface area contributed by atoms with Crippen LogP contribution in [0.15, 0.2) is 60.7 Å². The van der Waals surface area contributed by atoms with Crippen molar-refractivity contribution in [3.63, 3.8) is 0 Å². The Morgan fingerprint density at radius 3 is 1.95 bits per heavy atom. The highest BCUT2D eigenvalue weighted by atomic mass is 16.3. The number of aliphatic hydroxyl groups excluding tert-OH is 2. The highest BCUT2D eigenvalue weighted by molar-refractivity contribution is 5.27. The summed E-state index contributed by atoms with van der Waals surface area (Å²) in [5.74, 6) is -0.0577. The van der Waals surface area contributed by atoms with Crippen molar-refractivity contribution in [1.29, 1.82) is 0 Å². The molecular weight excluding hydrogens is 250 g/mol. The zero-order valence-corrected chi connectivity index (χ0v) is 11.2. The molecule has 1 fully saturated rings. The van der Waals surface area contributed by atoms with Gasteiger partial charge in [0, 0.05) is 5.92 Å². The molecule has 3 rings (SSSR count). The van der Waals surface area contributed by atoms with Crippen molar-refractivity contribution in [3.8, 4) is 0 Å².